The SMILES string of the molecule is CCOc1ccc(C2C(C(=O)OC)=C(C)Nc3nc(-c4ccccc4Cl)nn32)cc1. The van der Waals surface area contributed by atoms with E-state index in [9.17, 15) is 4.79 Å². The number of nitrogens with zero attached hydrogens (tertiary/aromatic N) is 3. The highest BCUT2D eigenvalue weighted by Crippen LogP contribution is 2.38. The first-order chi connectivity index (χ1) is 14.5. The number of rotatable bonds is 5. The molecule has 30 heavy (non-hydrogen) atoms. The molecule has 154 valence electrons. The van der Waals surface area contributed by atoms with Gasteiger partial charge in [0.1, 0.15) is 11.8 Å². The van der Waals surface area contributed by atoms with Crippen LogP contribution in [-0.4, -0.2) is 34.5 Å². The summed E-state index contributed by atoms with van der Waals surface area (Å²) in [7, 11) is 1.36. The Kier molecular flexibility index (Phi) is 5.46. The van der Waals surface area contributed by atoms with E-state index in [2.05, 4.69) is 15.4 Å². The minimum absolute atomic E-state index is 0.431. The summed E-state index contributed by atoms with van der Waals surface area (Å²) in [6.07, 6.45) is 0. The molecule has 0 fully saturated rings. The third-order valence-corrected chi connectivity index (χ3v) is 5.21. The van der Waals surface area contributed by atoms with E-state index >= 15 is 0 Å². The van der Waals surface area contributed by atoms with Gasteiger partial charge in [-0.05, 0) is 43.7 Å². The van der Waals surface area contributed by atoms with Gasteiger partial charge in [0.05, 0.1) is 24.3 Å². The Morgan fingerprint density at radius 2 is 1.93 bits per heavy atom. The van der Waals surface area contributed by atoms with Crippen molar-refractivity contribution in [1.82, 2.24) is 14.8 Å². The third kappa shape index (κ3) is 3.52. The molecule has 0 bridgehead atoms. The average molecular weight is 425 g/mol. The first kappa shape index (κ1) is 20.0. The Morgan fingerprint density at radius 3 is 2.60 bits per heavy atom. The van der Waals surface area contributed by atoms with Crippen LogP contribution in [0.5, 0.6) is 5.75 Å². The van der Waals surface area contributed by atoms with Gasteiger partial charge in [-0.3, -0.25) is 0 Å². The minimum Gasteiger partial charge on any atom is -0.494 e. The van der Waals surface area contributed by atoms with Crippen LogP contribution in [0.15, 0.2) is 59.8 Å². The lowest BCUT2D eigenvalue weighted by Crippen LogP contribution is -2.29. The number of aromatic nitrogens is 3. The second kappa shape index (κ2) is 8.20. The molecule has 0 radical (unpaired) electrons. The molecule has 1 aliphatic rings. The number of allylic oxidation sites excluding steroid dienone is 1. The Morgan fingerprint density at radius 1 is 1.20 bits per heavy atom. The highest BCUT2D eigenvalue weighted by molar-refractivity contribution is 6.33. The topological polar surface area (TPSA) is 78.3 Å². The van der Waals surface area contributed by atoms with Crippen molar-refractivity contribution in [2.75, 3.05) is 19.0 Å². The number of ether oxygens (including phenoxy) is 2. The summed E-state index contributed by atoms with van der Waals surface area (Å²) in [5, 5.41) is 8.40. The van der Waals surface area contributed by atoms with Crippen LogP contribution in [0.4, 0.5) is 5.95 Å². The van der Waals surface area contributed by atoms with Gasteiger partial charge in [0.15, 0.2) is 5.82 Å². The zero-order chi connectivity index (χ0) is 21.3. The smallest absolute Gasteiger partial charge is 0.338 e. The molecule has 1 aliphatic heterocycles. The molecule has 3 aromatic rings. The van der Waals surface area contributed by atoms with E-state index in [1.165, 1.54) is 7.11 Å². The number of esters is 1. The maximum absolute atomic E-state index is 12.6. The predicted octanol–water partition coefficient (Wildman–Crippen LogP) is 4.46. The largest absolute Gasteiger partial charge is 0.494 e. The van der Waals surface area contributed by atoms with Crippen LogP contribution >= 0.6 is 11.6 Å². The van der Waals surface area contributed by atoms with E-state index in [1.54, 1.807) is 10.7 Å². The zero-order valence-corrected chi connectivity index (χ0v) is 17.6. The number of hydrogen-bond donors (Lipinski definition) is 1. The van der Waals surface area contributed by atoms with E-state index in [0.29, 0.717) is 40.2 Å². The van der Waals surface area contributed by atoms with Crippen LogP contribution in [0.25, 0.3) is 11.4 Å². The van der Waals surface area contributed by atoms with Gasteiger partial charge in [0.2, 0.25) is 5.95 Å². The summed E-state index contributed by atoms with van der Waals surface area (Å²) in [4.78, 5) is 17.3. The molecule has 0 amide bonds. The Hall–Kier alpha value is -3.32. The number of benzene rings is 2. The fourth-order valence-corrected chi connectivity index (χ4v) is 3.72. The average Bonchev–Trinajstić information content (AvgIpc) is 3.16. The molecule has 1 unspecified atom stereocenters. The monoisotopic (exact) mass is 424 g/mol. The van der Waals surface area contributed by atoms with Gasteiger partial charge in [-0.25, -0.2) is 9.48 Å². The summed E-state index contributed by atoms with van der Waals surface area (Å²) >= 11 is 6.35. The number of anilines is 1. The molecule has 2 aromatic carbocycles. The predicted molar refractivity (Wildman–Crippen MR) is 115 cm³/mol. The molecular weight excluding hydrogens is 404 g/mol. The van der Waals surface area contributed by atoms with Crippen LogP contribution in [0, 0.1) is 0 Å². The zero-order valence-electron chi connectivity index (χ0n) is 16.8. The minimum atomic E-state index is -0.506. The molecular formula is C22H21ClN4O3. The highest BCUT2D eigenvalue weighted by Gasteiger charge is 2.35. The number of hydrogen-bond acceptors (Lipinski definition) is 6. The maximum atomic E-state index is 12.6. The number of halogens is 1. The first-order valence-corrected chi connectivity index (χ1v) is 9.91. The van der Waals surface area contributed by atoms with Gasteiger partial charge >= 0.3 is 5.97 Å². The van der Waals surface area contributed by atoms with Crippen molar-refractivity contribution in [1.29, 1.82) is 0 Å². The van der Waals surface area contributed by atoms with Crippen LogP contribution < -0.4 is 10.1 Å². The lowest BCUT2D eigenvalue weighted by atomic mass is 9.96. The fraction of sp³-hybridized carbons (Fsp3) is 0.227. The van der Waals surface area contributed by atoms with Crippen molar-refractivity contribution >= 4 is 23.5 Å². The normalized spacial score (nSPS) is 15.4. The molecule has 2 heterocycles. The van der Waals surface area contributed by atoms with Gasteiger partial charge in [-0.15, -0.1) is 5.10 Å². The number of nitrogens with one attached hydrogen (secondary N) is 1. The Labute approximate surface area is 179 Å². The third-order valence-electron chi connectivity index (χ3n) is 4.88. The van der Waals surface area contributed by atoms with E-state index < -0.39 is 12.0 Å². The van der Waals surface area contributed by atoms with E-state index in [-0.39, 0.29) is 0 Å². The molecule has 0 saturated heterocycles. The van der Waals surface area contributed by atoms with Gasteiger partial charge in [-0.2, -0.15) is 4.98 Å². The van der Waals surface area contributed by atoms with Crippen molar-refractivity contribution in [3.05, 3.63) is 70.4 Å². The second-order valence-electron chi connectivity index (χ2n) is 6.74. The lowest BCUT2D eigenvalue weighted by molar-refractivity contribution is -0.136. The molecule has 1 atom stereocenters. The highest BCUT2D eigenvalue weighted by atomic mass is 35.5. The van der Waals surface area contributed by atoms with E-state index in [0.717, 1.165) is 11.3 Å². The number of fused-ring (bicyclic) bond motifs is 1. The molecule has 0 saturated carbocycles. The standard InChI is InChI=1S/C22H21ClN4O3/c1-4-30-15-11-9-14(10-12-15)19-18(21(28)29-3)13(2)24-22-25-20(26-27(19)22)16-7-5-6-8-17(16)23/h5-12,19H,4H2,1-3H3,(H,24,25,26). The van der Waals surface area contributed by atoms with Crippen molar-refractivity contribution in [2.24, 2.45) is 0 Å². The molecule has 0 spiro atoms. The van der Waals surface area contributed by atoms with Gasteiger partial charge in [0, 0.05) is 11.3 Å². The molecule has 4 rings (SSSR count). The van der Waals surface area contributed by atoms with Gasteiger partial charge in [-0.1, -0.05) is 35.9 Å². The number of methoxy groups -OCH3 is 1. The Bertz CT molecular complexity index is 1120. The summed E-state index contributed by atoms with van der Waals surface area (Å²) in [6, 6.07) is 14.4. The van der Waals surface area contributed by atoms with Crippen LogP contribution in [0.1, 0.15) is 25.5 Å². The van der Waals surface area contributed by atoms with Gasteiger partial charge in [0.25, 0.3) is 0 Å². The molecule has 1 N–H and O–H groups in total. The summed E-state index contributed by atoms with van der Waals surface area (Å²) in [5.41, 5.74) is 2.69. The summed E-state index contributed by atoms with van der Waals surface area (Å²) in [5.74, 6) is 1.32. The van der Waals surface area contributed by atoms with Crippen molar-refractivity contribution in [3.8, 4) is 17.1 Å². The molecule has 7 nitrogen and oxygen atoms in total. The maximum Gasteiger partial charge on any atom is 0.338 e. The fourth-order valence-electron chi connectivity index (χ4n) is 3.50. The van der Waals surface area contributed by atoms with Crippen molar-refractivity contribution in [3.63, 3.8) is 0 Å². The Balaban J connectivity index is 1.85. The summed E-state index contributed by atoms with van der Waals surface area (Å²) < 4.78 is 12.3. The summed E-state index contributed by atoms with van der Waals surface area (Å²) in [6.45, 7) is 4.33. The van der Waals surface area contributed by atoms with Crippen molar-refractivity contribution in [2.45, 2.75) is 19.9 Å². The lowest BCUT2D eigenvalue weighted by Gasteiger charge is -2.27. The number of carbonyl (C=O) groups is 1. The van der Waals surface area contributed by atoms with Crippen molar-refractivity contribution < 1.29 is 14.3 Å². The molecule has 8 heteroatoms. The van der Waals surface area contributed by atoms with Crippen LogP contribution in [-0.2, 0) is 9.53 Å². The van der Waals surface area contributed by atoms with Crippen LogP contribution in [0.2, 0.25) is 5.02 Å². The number of carbonyl (C=O) groups excluding carboxylic acids is 1. The molecule has 0 aliphatic carbocycles. The van der Waals surface area contributed by atoms with E-state index in [4.69, 9.17) is 21.1 Å². The quantitative estimate of drug-likeness (QED) is 0.609. The van der Waals surface area contributed by atoms with Crippen LogP contribution in [0.3, 0.4) is 0 Å². The first-order valence-electron chi connectivity index (χ1n) is 9.53. The molecule has 1 aromatic heterocycles. The van der Waals surface area contributed by atoms with E-state index in [1.807, 2.05) is 56.3 Å². The van der Waals surface area contributed by atoms with Gasteiger partial charge < -0.3 is 14.8 Å². The second-order valence-corrected chi connectivity index (χ2v) is 7.15.